The van der Waals surface area contributed by atoms with Crippen LogP contribution in [0.25, 0.3) is 0 Å². The van der Waals surface area contributed by atoms with Crippen molar-refractivity contribution in [3.05, 3.63) is 182 Å². The maximum atomic E-state index is 12.3. The lowest BCUT2D eigenvalue weighted by Crippen LogP contribution is -2.28. The fraction of sp³-hybridized carbons (Fsp3) is 0.549. The number of aliphatic hydroxyl groups excluding tert-OH is 1. The Morgan fingerprint density at radius 2 is 0.526 bits per heavy atom. The molecule has 0 aliphatic heterocycles. The molecule has 1 unspecified atom stereocenters. The van der Waals surface area contributed by atoms with E-state index in [1.807, 2.05) is 0 Å². The van der Waals surface area contributed by atoms with Crippen molar-refractivity contribution in [2.45, 2.75) is 238 Å². The van der Waals surface area contributed by atoms with Crippen molar-refractivity contribution in [3.8, 4) is 0 Å². The highest BCUT2D eigenvalue weighted by atomic mass is 16.6. The fourth-order valence-corrected chi connectivity index (χ4v) is 7.73. The number of unbranched alkanes of at least 4 members (excludes halogenated alkanes) is 15. The molecule has 5 heteroatoms. The van der Waals surface area contributed by atoms with Crippen LogP contribution in [-0.2, 0) is 19.1 Å². The van der Waals surface area contributed by atoms with Crippen molar-refractivity contribution >= 4 is 11.9 Å². The summed E-state index contributed by atoms with van der Waals surface area (Å²) in [6.07, 6.45) is 101. The molecule has 0 aromatic rings. The Morgan fingerprint density at radius 3 is 0.789 bits per heavy atom. The number of carbonyl (C=O) groups excluding carboxylic acids is 2. The summed E-state index contributed by atoms with van der Waals surface area (Å²) in [5.41, 5.74) is 0. The first-order valence-corrected chi connectivity index (χ1v) is 30.3. The molecule has 0 saturated carbocycles. The van der Waals surface area contributed by atoms with E-state index in [4.69, 9.17) is 9.47 Å². The highest BCUT2D eigenvalue weighted by Crippen LogP contribution is 2.14. The Morgan fingerprint density at radius 1 is 0.303 bits per heavy atom. The van der Waals surface area contributed by atoms with E-state index in [-0.39, 0.29) is 25.2 Å². The van der Waals surface area contributed by atoms with E-state index in [0.29, 0.717) is 12.8 Å². The van der Waals surface area contributed by atoms with Gasteiger partial charge in [0.05, 0.1) is 6.61 Å². The number of hydrogen-bond donors (Lipinski definition) is 1. The van der Waals surface area contributed by atoms with Crippen LogP contribution in [-0.4, -0.2) is 36.4 Å². The molecule has 0 amide bonds. The molecule has 0 radical (unpaired) electrons. The summed E-state index contributed by atoms with van der Waals surface area (Å²) < 4.78 is 10.7. The standard InChI is InChI=1S/C71H110O5/c1-3-5-7-9-11-13-15-17-19-21-23-25-27-29-31-32-33-34-35-36-37-38-40-42-44-46-48-50-52-54-56-58-60-62-64-66-71(74)76-69(67-72)68-75-70(73)65-63-61-59-57-55-53-51-49-47-45-43-41-39-30-28-26-24-22-20-18-16-14-12-10-8-6-4-2/h5-8,11-14,17-20,23-26,29-31,33-34,36-37,39-40,42,46,48,52,54,69,72H,3-4,9-10,15-16,21-22,27-28,32,35,38,41,43-45,47,49-51,53,55-68H2,1-2H3/b7-5-,8-6-,13-11-,14-12-,19-17-,20-18-,25-23-,26-24-,31-29-,34-33-,37-36-,39-30-,42-40-,48-46-,54-52-. The quantitative estimate of drug-likeness (QED) is 0.0373. The van der Waals surface area contributed by atoms with Gasteiger partial charge in [-0.15, -0.1) is 0 Å². The average Bonchev–Trinajstić information content (AvgIpc) is 3.42. The minimum absolute atomic E-state index is 0.0902. The number of aliphatic hydroxyl groups is 1. The molecule has 0 spiro atoms. The van der Waals surface area contributed by atoms with Crippen LogP contribution >= 0.6 is 0 Å². The SMILES string of the molecule is CC/C=C\C/C=C\C/C=C\C/C=C\C/C=C\C/C=C\C/C=C\C/C=C\C/C=C\C/C=C\CCCCCCC(=O)OC(CO)COC(=O)CCCCCCCCCCCCC/C=C\C/C=C\C/C=C\C/C=C\C/C=C\CC. The minimum Gasteiger partial charge on any atom is -0.462 e. The first-order chi connectivity index (χ1) is 37.6. The van der Waals surface area contributed by atoms with E-state index in [1.165, 1.54) is 57.8 Å². The minimum atomic E-state index is -0.803. The molecule has 76 heavy (non-hydrogen) atoms. The maximum Gasteiger partial charge on any atom is 0.306 e. The lowest BCUT2D eigenvalue weighted by atomic mass is 10.0. The summed E-state index contributed by atoms with van der Waals surface area (Å²) in [6.45, 7) is 3.88. The molecule has 5 nitrogen and oxygen atoms in total. The van der Waals surface area contributed by atoms with Crippen molar-refractivity contribution in [2.24, 2.45) is 0 Å². The highest BCUT2D eigenvalue weighted by molar-refractivity contribution is 5.70. The van der Waals surface area contributed by atoms with Crippen molar-refractivity contribution in [1.82, 2.24) is 0 Å². The number of ether oxygens (including phenoxy) is 2. The number of carbonyl (C=O) groups is 2. The average molecular weight is 1040 g/mol. The van der Waals surface area contributed by atoms with Gasteiger partial charge >= 0.3 is 11.9 Å². The van der Waals surface area contributed by atoms with Gasteiger partial charge in [-0.05, 0) is 135 Å². The zero-order valence-electron chi connectivity index (χ0n) is 48.4. The summed E-state index contributed by atoms with van der Waals surface area (Å²) in [5.74, 6) is -0.636. The zero-order chi connectivity index (χ0) is 54.8. The predicted molar refractivity (Wildman–Crippen MR) is 333 cm³/mol. The molecule has 0 heterocycles. The molecule has 0 saturated heterocycles. The van der Waals surface area contributed by atoms with Gasteiger partial charge in [0.2, 0.25) is 0 Å². The Kier molecular flexibility index (Phi) is 60.1. The third kappa shape index (κ3) is 61.5. The van der Waals surface area contributed by atoms with E-state index < -0.39 is 6.10 Å². The number of rotatable bonds is 53. The van der Waals surface area contributed by atoms with Gasteiger partial charge in [-0.25, -0.2) is 0 Å². The molecule has 0 rings (SSSR count). The van der Waals surface area contributed by atoms with Gasteiger partial charge in [0.15, 0.2) is 6.10 Å². The summed E-state index contributed by atoms with van der Waals surface area (Å²) in [7, 11) is 0. The van der Waals surface area contributed by atoms with Crippen molar-refractivity contribution < 1.29 is 24.2 Å². The van der Waals surface area contributed by atoms with Gasteiger partial charge in [-0.1, -0.05) is 267 Å². The molecule has 0 bridgehead atoms. The number of allylic oxidation sites excluding steroid dienone is 30. The van der Waals surface area contributed by atoms with E-state index in [0.717, 1.165) is 148 Å². The second-order valence-electron chi connectivity index (χ2n) is 19.3. The summed E-state index contributed by atoms with van der Waals surface area (Å²) in [6, 6.07) is 0. The third-order valence-corrected chi connectivity index (χ3v) is 12.2. The van der Waals surface area contributed by atoms with Crippen LogP contribution in [0.1, 0.15) is 232 Å². The highest BCUT2D eigenvalue weighted by Gasteiger charge is 2.16. The fourth-order valence-electron chi connectivity index (χ4n) is 7.73. The van der Waals surface area contributed by atoms with Gasteiger partial charge in [0.25, 0.3) is 0 Å². The van der Waals surface area contributed by atoms with Crippen LogP contribution in [0.2, 0.25) is 0 Å². The Hall–Kier alpha value is -5.00. The van der Waals surface area contributed by atoms with Crippen LogP contribution in [0, 0.1) is 0 Å². The van der Waals surface area contributed by atoms with Gasteiger partial charge in [-0.3, -0.25) is 9.59 Å². The van der Waals surface area contributed by atoms with Crippen molar-refractivity contribution in [2.75, 3.05) is 13.2 Å². The topological polar surface area (TPSA) is 72.8 Å². The first-order valence-electron chi connectivity index (χ1n) is 30.3. The molecule has 0 fully saturated rings. The Balaban J connectivity index is 3.65. The van der Waals surface area contributed by atoms with Crippen LogP contribution in [0.5, 0.6) is 0 Å². The maximum absolute atomic E-state index is 12.3. The number of esters is 2. The Labute approximate surface area is 467 Å². The van der Waals surface area contributed by atoms with Crippen molar-refractivity contribution in [1.29, 1.82) is 0 Å². The lowest BCUT2D eigenvalue weighted by molar-refractivity contribution is -0.161. The summed E-state index contributed by atoms with van der Waals surface area (Å²) >= 11 is 0. The molecule has 0 aliphatic rings. The smallest absolute Gasteiger partial charge is 0.306 e. The van der Waals surface area contributed by atoms with Gasteiger partial charge in [-0.2, -0.15) is 0 Å². The molecule has 0 aliphatic carbocycles. The zero-order valence-corrected chi connectivity index (χ0v) is 48.4. The molecule has 424 valence electrons. The van der Waals surface area contributed by atoms with Gasteiger partial charge in [0, 0.05) is 12.8 Å². The summed E-state index contributed by atoms with van der Waals surface area (Å²) in [4.78, 5) is 24.6. The van der Waals surface area contributed by atoms with E-state index in [2.05, 4.69) is 196 Å². The van der Waals surface area contributed by atoms with Crippen LogP contribution in [0.15, 0.2) is 182 Å². The molecular weight excluding hydrogens is 933 g/mol. The van der Waals surface area contributed by atoms with E-state index in [9.17, 15) is 14.7 Å². The predicted octanol–water partition coefficient (Wildman–Crippen LogP) is 21.1. The van der Waals surface area contributed by atoms with Crippen molar-refractivity contribution in [3.63, 3.8) is 0 Å². The molecule has 0 aromatic heterocycles. The largest absolute Gasteiger partial charge is 0.462 e. The monoisotopic (exact) mass is 1040 g/mol. The second-order valence-corrected chi connectivity index (χ2v) is 19.3. The number of hydrogen-bond acceptors (Lipinski definition) is 5. The lowest BCUT2D eigenvalue weighted by Gasteiger charge is -2.15. The molecule has 0 aromatic carbocycles. The van der Waals surface area contributed by atoms with Crippen LogP contribution in [0.3, 0.4) is 0 Å². The second kappa shape index (κ2) is 64.3. The normalized spacial score (nSPS) is 13.6. The van der Waals surface area contributed by atoms with E-state index in [1.54, 1.807) is 0 Å². The molecular formula is C71H110O5. The molecule has 1 N–H and O–H groups in total. The van der Waals surface area contributed by atoms with Gasteiger partial charge < -0.3 is 14.6 Å². The van der Waals surface area contributed by atoms with E-state index >= 15 is 0 Å². The Bertz CT molecular complexity index is 1750. The first kappa shape index (κ1) is 71.0. The van der Waals surface area contributed by atoms with Crippen LogP contribution < -0.4 is 0 Å². The third-order valence-electron chi connectivity index (χ3n) is 12.2. The molecule has 1 atom stereocenters. The summed E-state index contributed by atoms with van der Waals surface area (Å²) in [5, 5.41) is 9.67. The van der Waals surface area contributed by atoms with Crippen LogP contribution in [0.4, 0.5) is 0 Å². The van der Waals surface area contributed by atoms with Gasteiger partial charge in [0.1, 0.15) is 6.61 Å².